The van der Waals surface area contributed by atoms with Gasteiger partial charge in [0.25, 0.3) is 11.8 Å². The summed E-state index contributed by atoms with van der Waals surface area (Å²) < 4.78 is 15.7. The number of hydrogen-bond acceptors (Lipinski definition) is 5. The van der Waals surface area contributed by atoms with E-state index in [-0.39, 0.29) is 29.0 Å². The highest BCUT2D eigenvalue weighted by molar-refractivity contribution is 5.92. The van der Waals surface area contributed by atoms with E-state index in [9.17, 15) is 14.0 Å². The van der Waals surface area contributed by atoms with Gasteiger partial charge in [0.15, 0.2) is 17.2 Å². The zero-order valence-electron chi connectivity index (χ0n) is 16.0. The maximum atomic E-state index is 13.9. The van der Waals surface area contributed by atoms with Gasteiger partial charge in [-0.2, -0.15) is 0 Å². The summed E-state index contributed by atoms with van der Waals surface area (Å²) in [4.78, 5) is 31.7. The van der Waals surface area contributed by atoms with Gasteiger partial charge in [0.05, 0.1) is 12.2 Å². The van der Waals surface area contributed by atoms with Crippen LogP contribution in [0.15, 0.2) is 24.5 Å². The lowest BCUT2D eigenvalue weighted by molar-refractivity contribution is -0.0270. The number of hydrogen-bond donors (Lipinski definition) is 0. The fraction of sp³-hybridized carbons (Fsp3) is 0.526. The van der Waals surface area contributed by atoms with Crippen LogP contribution in [0.2, 0.25) is 0 Å². The van der Waals surface area contributed by atoms with Crippen LogP contribution in [0.3, 0.4) is 0 Å². The first-order chi connectivity index (χ1) is 13.4. The van der Waals surface area contributed by atoms with Gasteiger partial charge >= 0.3 is 0 Å². The number of likely N-dealkylation sites (tertiary alicyclic amines) is 1. The van der Waals surface area contributed by atoms with Gasteiger partial charge in [0.2, 0.25) is 0 Å². The number of carbonyl (C=O) groups is 2. The molecule has 1 saturated heterocycles. The van der Waals surface area contributed by atoms with E-state index in [4.69, 9.17) is 0 Å². The van der Waals surface area contributed by atoms with Crippen molar-refractivity contribution < 1.29 is 14.0 Å². The van der Waals surface area contributed by atoms with Crippen molar-refractivity contribution in [1.82, 2.24) is 29.8 Å². The summed E-state index contributed by atoms with van der Waals surface area (Å²) in [7, 11) is 3.37. The van der Waals surface area contributed by atoms with E-state index in [1.807, 2.05) is 0 Å². The molecule has 2 aliphatic rings. The van der Waals surface area contributed by atoms with Crippen molar-refractivity contribution in [3.63, 3.8) is 0 Å². The predicted molar refractivity (Wildman–Crippen MR) is 98.1 cm³/mol. The van der Waals surface area contributed by atoms with E-state index in [1.54, 1.807) is 29.9 Å². The molecule has 3 heterocycles. The summed E-state index contributed by atoms with van der Waals surface area (Å²) in [5.74, 6) is -1.11. The molecule has 1 aliphatic heterocycles. The molecule has 0 radical (unpaired) electrons. The van der Waals surface area contributed by atoms with Gasteiger partial charge < -0.3 is 9.80 Å². The first kappa shape index (κ1) is 18.5. The fourth-order valence-corrected chi connectivity index (χ4v) is 4.28. The van der Waals surface area contributed by atoms with Crippen LogP contribution < -0.4 is 0 Å². The predicted octanol–water partition coefficient (Wildman–Crippen LogP) is 1.77. The smallest absolute Gasteiger partial charge is 0.275 e. The molecule has 0 bridgehead atoms. The van der Waals surface area contributed by atoms with E-state index in [0.717, 1.165) is 25.7 Å². The summed E-state index contributed by atoms with van der Waals surface area (Å²) in [6.45, 7) is 1.12. The van der Waals surface area contributed by atoms with Crippen LogP contribution >= 0.6 is 0 Å². The van der Waals surface area contributed by atoms with Gasteiger partial charge in [-0.25, -0.2) is 14.1 Å². The molecule has 2 fully saturated rings. The number of rotatable bonds is 3. The SMILES string of the molecule is CN(C)C(=O)c1cn(C2CCC23CCN(C(=O)c2ncccc2F)CC3)nn1. The monoisotopic (exact) mass is 386 g/mol. The molecule has 2 amide bonds. The van der Waals surface area contributed by atoms with Gasteiger partial charge in [-0.1, -0.05) is 5.21 Å². The fourth-order valence-electron chi connectivity index (χ4n) is 4.28. The zero-order valence-corrected chi connectivity index (χ0v) is 16.0. The lowest BCUT2D eigenvalue weighted by atomic mass is 9.59. The van der Waals surface area contributed by atoms with Gasteiger partial charge in [-0.05, 0) is 43.2 Å². The minimum absolute atomic E-state index is 0.0472. The van der Waals surface area contributed by atoms with Gasteiger partial charge in [0, 0.05) is 33.4 Å². The number of nitrogens with zero attached hydrogens (tertiary/aromatic N) is 6. The molecule has 0 N–H and O–H groups in total. The van der Waals surface area contributed by atoms with Crippen molar-refractivity contribution in [2.45, 2.75) is 31.7 Å². The van der Waals surface area contributed by atoms with Crippen LogP contribution in [-0.4, -0.2) is 68.8 Å². The molecule has 1 atom stereocenters. The van der Waals surface area contributed by atoms with Crippen molar-refractivity contribution in [1.29, 1.82) is 0 Å². The van der Waals surface area contributed by atoms with E-state index in [0.29, 0.717) is 18.8 Å². The lowest BCUT2D eigenvalue weighted by Crippen LogP contribution is -2.51. The van der Waals surface area contributed by atoms with Crippen molar-refractivity contribution in [3.8, 4) is 0 Å². The molecule has 8 nitrogen and oxygen atoms in total. The first-order valence-corrected chi connectivity index (χ1v) is 9.44. The van der Waals surface area contributed by atoms with Crippen LogP contribution in [0.1, 0.15) is 52.7 Å². The summed E-state index contributed by atoms with van der Waals surface area (Å²) in [6.07, 6.45) is 6.80. The molecule has 2 aromatic rings. The topological polar surface area (TPSA) is 84.2 Å². The number of pyridine rings is 1. The number of amides is 2. The Kier molecular flexibility index (Phi) is 4.60. The molecular formula is C19H23FN6O2. The Labute approximate surface area is 162 Å². The second kappa shape index (κ2) is 6.96. The van der Waals surface area contributed by atoms with E-state index in [2.05, 4.69) is 15.3 Å². The second-order valence-corrected chi connectivity index (χ2v) is 7.83. The molecule has 1 unspecified atom stereocenters. The molecule has 4 rings (SSSR count). The van der Waals surface area contributed by atoms with Gasteiger partial charge in [-0.3, -0.25) is 9.59 Å². The Morgan fingerprint density at radius 1 is 1.25 bits per heavy atom. The molecular weight excluding hydrogens is 363 g/mol. The molecule has 9 heteroatoms. The van der Waals surface area contributed by atoms with Gasteiger partial charge in [0.1, 0.15) is 0 Å². The van der Waals surface area contributed by atoms with Crippen LogP contribution in [0.25, 0.3) is 0 Å². The highest BCUT2D eigenvalue weighted by Gasteiger charge is 2.50. The third-order valence-electron chi connectivity index (χ3n) is 6.08. The van der Waals surface area contributed by atoms with Crippen molar-refractivity contribution >= 4 is 11.8 Å². The summed E-state index contributed by atoms with van der Waals surface area (Å²) in [5, 5.41) is 8.20. The Balaban J connectivity index is 1.44. The molecule has 1 saturated carbocycles. The van der Waals surface area contributed by atoms with Crippen LogP contribution in [0, 0.1) is 11.2 Å². The third kappa shape index (κ3) is 3.04. The molecule has 28 heavy (non-hydrogen) atoms. The maximum Gasteiger partial charge on any atom is 0.275 e. The first-order valence-electron chi connectivity index (χ1n) is 9.44. The highest BCUT2D eigenvalue weighted by atomic mass is 19.1. The normalized spacial score (nSPS) is 20.7. The Bertz CT molecular complexity index is 903. The van der Waals surface area contributed by atoms with Crippen LogP contribution in [-0.2, 0) is 0 Å². The molecule has 1 aliphatic carbocycles. The summed E-state index contributed by atoms with van der Waals surface area (Å²) >= 11 is 0. The number of carbonyl (C=O) groups excluding carboxylic acids is 2. The van der Waals surface area contributed by atoms with Crippen LogP contribution in [0.4, 0.5) is 4.39 Å². The average molecular weight is 386 g/mol. The van der Waals surface area contributed by atoms with E-state index in [1.165, 1.54) is 23.2 Å². The van der Waals surface area contributed by atoms with E-state index >= 15 is 0 Å². The number of halogens is 1. The summed E-state index contributed by atoms with van der Waals surface area (Å²) in [5.41, 5.74) is 0.267. The quantitative estimate of drug-likeness (QED) is 0.803. The van der Waals surface area contributed by atoms with Crippen molar-refractivity contribution in [2.75, 3.05) is 27.2 Å². The lowest BCUT2D eigenvalue weighted by Gasteiger charge is -2.53. The minimum atomic E-state index is -0.588. The average Bonchev–Trinajstić information content (AvgIpc) is 3.15. The molecule has 0 aromatic carbocycles. The Hall–Kier alpha value is -2.84. The molecule has 2 aromatic heterocycles. The Morgan fingerprint density at radius 2 is 2.00 bits per heavy atom. The zero-order chi connectivity index (χ0) is 19.9. The second-order valence-electron chi connectivity index (χ2n) is 7.83. The molecule has 148 valence electrons. The van der Waals surface area contributed by atoms with E-state index < -0.39 is 5.82 Å². The summed E-state index contributed by atoms with van der Waals surface area (Å²) in [6, 6.07) is 2.90. The highest BCUT2D eigenvalue weighted by Crippen LogP contribution is 2.56. The number of piperidine rings is 1. The largest absolute Gasteiger partial charge is 0.343 e. The standard InChI is InChI=1S/C19H23FN6O2/c1-24(2)17(27)14-12-26(23-22-14)15-5-6-19(15)7-10-25(11-8-19)18(28)16-13(20)4-3-9-21-16/h3-4,9,12,15H,5-8,10-11H2,1-2H3. The molecule has 1 spiro atoms. The maximum absolute atomic E-state index is 13.9. The number of aromatic nitrogens is 4. The van der Waals surface area contributed by atoms with Crippen LogP contribution in [0.5, 0.6) is 0 Å². The van der Waals surface area contributed by atoms with Gasteiger partial charge in [-0.15, -0.1) is 5.10 Å². The minimum Gasteiger partial charge on any atom is -0.343 e. The Morgan fingerprint density at radius 3 is 2.61 bits per heavy atom. The van der Waals surface area contributed by atoms with Crippen molar-refractivity contribution in [3.05, 3.63) is 41.7 Å². The van der Waals surface area contributed by atoms with Crippen molar-refractivity contribution in [2.24, 2.45) is 5.41 Å². The third-order valence-corrected chi connectivity index (χ3v) is 6.08.